The van der Waals surface area contributed by atoms with Gasteiger partial charge in [0.05, 0.1) is 11.6 Å². The van der Waals surface area contributed by atoms with Crippen LogP contribution in [0, 0.1) is 23.1 Å². The van der Waals surface area contributed by atoms with Crippen LogP contribution in [0.2, 0.25) is 0 Å². The molecule has 0 unspecified atom stereocenters. The Hall–Kier alpha value is -2.42. The molecule has 0 radical (unpaired) electrons. The van der Waals surface area contributed by atoms with Crippen LogP contribution in [0.25, 0.3) is 0 Å². The molecule has 0 heterocycles. The smallest absolute Gasteiger partial charge is 0.254 e. The van der Waals surface area contributed by atoms with Gasteiger partial charge in [0.15, 0.2) is 0 Å². The predicted octanol–water partition coefficient (Wildman–Crippen LogP) is 0.959. The Morgan fingerprint density at radius 3 is 2.63 bits per heavy atom. The Morgan fingerprint density at radius 2 is 2.11 bits per heavy atom. The summed E-state index contributed by atoms with van der Waals surface area (Å²) in [5.41, 5.74) is 4.98. The average molecular weight is 263 g/mol. The summed E-state index contributed by atoms with van der Waals surface area (Å²) in [7, 11) is 0. The molecule has 19 heavy (non-hydrogen) atoms. The zero-order valence-electron chi connectivity index (χ0n) is 10.4. The van der Waals surface area contributed by atoms with Crippen molar-refractivity contribution in [2.75, 3.05) is 0 Å². The van der Waals surface area contributed by atoms with E-state index in [-0.39, 0.29) is 12.0 Å². The fourth-order valence-corrected chi connectivity index (χ4v) is 1.53. The van der Waals surface area contributed by atoms with Crippen LogP contribution in [0.4, 0.5) is 4.39 Å². The molecule has 0 aliphatic rings. The molecule has 1 rings (SSSR count). The van der Waals surface area contributed by atoms with Crippen molar-refractivity contribution in [2.45, 2.75) is 19.4 Å². The maximum atomic E-state index is 13.4. The number of nitrogens with zero attached hydrogens (tertiary/aromatic N) is 1. The maximum Gasteiger partial charge on any atom is 0.254 e. The number of carbonyl (C=O) groups is 2. The minimum absolute atomic E-state index is 0.0893. The molecule has 0 saturated heterocycles. The highest BCUT2D eigenvalue weighted by atomic mass is 19.1. The number of primary amides is 1. The van der Waals surface area contributed by atoms with Gasteiger partial charge in [-0.2, -0.15) is 5.26 Å². The van der Waals surface area contributed by atoms with Gasteiger partial charge in [0.2, 0.25) is 5.91 Å². The van der Waals surface area contributed by atoms with Crippen molar-refractivity contribution in [1.82, 2.24) is 5.32 Å². The summed E-state index contributed by atoms with van der Waals surface area (Å²) in [6.07, 6.45) is 0.0893. The van der Waals surface area contributed by atoms with Crippen LogP contribution in [0.5, 0.6) is 0 Å². The Morgan fingerprint density at radius 1 is 1.47 bits per heavy atom. The third-order valence-corrected chi connectivity index (χ3v) is 2.58. The lowest BCUT2D eigenvalue weighted by atomic mass is 10.0. The van der Waals surface area contributed by atoms with Crippen LogP contribution in [-0.4, -0.2) is 17.9 Å². The van der Waals surface area contributed by atoms with E-state index in [1.807, 2.05) is 6.07 Å². The predicted molar refractivity (Wildman–Crippen MR) is 66.2 cm³/mol. The summed E-state index contributed by atoms with van der Waals surface area (Å²) in [6, 6.07) is 6.35. The Bertz CT molecular complexity index is 525. The first kappa shape index (κ1) is 14.6. The molecule has 2 amide bonds. The fourth-order valence-electron chi connectivity index (χ4n) is 1.53. The van der Waals surface area contributed by atoms with Gasteiger partial charge in [-0.3, -0.25) is 9.59 Å². The van der Waals surface area contributed by atoms with Crippen LogP contribution in [0.15, 0.2) is 24.3 Å². The van der Waals surface area contributed by atoms with Crippen LogP contribution < -0.4 is 11.1 Å². The SMILES string of the molecule is C[C@H](C#N)C[C@@H](NC(=O)c1ccccc1F)C(N)=O. The number of nitriles is 1. The summed E-state index contributed by atoms with van der Waals surface area (Å²) < 4.78 is 13.4. The van der Waals surface area contributed by atoms with Crippen molar-refractivity contribution < 1.29 is 14.0 Å². The second kappa shape index (κ2) is 6.50. The van der Waals surface area contributed by atoms with E-state index in [9.17, 15) is 14.0 Å². The van der Waals surface area contributed by atoms with Gasteiger partial charge in [-0.15, -0.1) is 0 Å². The molecular weight excluding hydrogens is 249 g/mol. The summed E-state index contributed by atoms with van der Waals surface area (Å²) in [6.45, 7) is 1.60. The number of rotatable bonds is 5. The molecule has 0 aromatic heterocycles. The normalized spacial score (nSPS) is 13.1. The zero-order valence-corrected chi connectivity index (χ0v) is 10.4. The van der Waals surface area contributed by atoms with Gasteiger partial charge in [0, 0.05) is 5.92 Å². The summed E-state index contributed by atoms with van der Waals surface area (Å²) in [4.78, 5) is 23.0. The topological polar surface area (TPSA) is 96.0 Å². The molecule has 2 atom stereocenters. The van der Waals surface area contributed by atoms with Gasteiger partial charge < -0.3 is 11.1 Å². The second-order valence-electron chi connectivity index (χ2n) is 4.17. The number of nitrogens with one attached hydrogen (secondary N) is 1. The van der Waals surface area contributed by atoms with E-state index in [2.05, 4.69) is 5.32 Å². The van der Waals surface area contributed by atoms with Crippen LogP contribution >= 0.6 is 0 Å². The van der Waals surface area contributed by atoms with Gasteiger partial charge >= 0.3 is 0 Å². The Labute approximate surface area is 110 Å². The van der Waals surface area contributed by atoms with Crippen LogP contribution in [0.3, 0.4) is 0 Å². The largest absolute Gasteiger partial charge is 0.368 e. The number of carbonyl (C=O) groups excluding carboxylic acids is 2. The molecule has 5 nitrogen and oxygen atoms in total. The van der Waals surface area contributed by atoms with Gasteiger partial charge in [-0.25, -0.2) is 4.39 Å². The van der Waals surface area contributed by atoms with Crippen LogP contribution in [-0.2, 0) is 4.79 Å². The number of hydrogen-bond donors (Lipinski definition) is 2. The Kier molecular flexibility index (Phi) is 5.01. The average Bonchev–Trinajstić information content (AvgIpc) is 2.37. The number of amides is 2. The lowest BCUT2D eigenvalue weighted by Crippen LogP contribution is -2.45. The number of halogens is 1. The lowest BCUT2D eigenvalue weighted by Gasteiger charge is -2.16. The van der Waals surface area contributed by atoms with Crippen LogP contribution in [0.1, 0.15) is 23.7 Å². The van der Waals surface area contributed by atoms with E-state index in [4.69, 9.17) is 11.0 Å². The number of nitrogens with two attached hydrogens (primary N) is 1. The fraction of sp³-hybridized carbons (Fsp3) is 0.308. The van der Waals surface area contributed by atoms with E-state index >= 15 is 0 Å². The van der Waals surface area contributed by atoms with E-state index in [0.717, 1.165) is 6.07 Å². The molecule has 0 aliphatic heterocycles. The van der Waals surface area contributed by atoms with E-state index in [1.54, 1.807) is 6.92 Å². The number of hydrogen-bond acceptors (Lipinski definition) is 3. The molecule has 0 saturated carbocycles. The summed E-state index contributed by atoms with van der Waals surface area (Å²) >= 11 is 0. The van der Waals surface area contributed by atoms with Gasteiger partial charge in [-0.05, 0) is 25.5 Å². The zero-order chi connectivity index (χ0) is 14.4. The summed E-state index contributed by atoms with van der Waals surface area (Å²) in [5.74, 6) is -2.62. The van der Waals surface area contributed by atoms with Crippen molar-refractivity contribution in [3.8, 4) is 6.07 Å². The Balaban J connectivity index is 2.81. The highest BCUT2D eigenvalue weighted by Crippen LogP contribution is 2.09. The first-order valence-corrected chi connectivity index (χ1v) is 5.70. The van der Waals surface area contributed by atoms with E-state index in [1.165, 1.54) is 18.2 Å². The third-order valence-electron chi connectivity index (χ3n) is 2.58. The molecule has 3 N–H and O–H groups in total. The molecule has 6 heteroatoms. The number of benzene rings is 1. The molecule has 100 valence electrons. The van der Waals surface area contributed by atoms with Crippen molar-refractivity contribution >= 4 is 11.8 Å². The highest BCUT2D eigenvalue weighted by Gasteiger charge is 2.22. The molecule has 0 bridgehead atoms. The standard InChI is InChI=1S/C13H14FN3O2/c1-8(7-15)6-11(12(16)18)17-13(19)9-4-2-3-5-10(9)14/h2-5,8,11H,6H2,1H3,(H2,16,18)(H,17,19)/t8-,11+/m0/s1. The first-order valence-electron chi connectivity index (χ1n) is 5.70. The first-order chi connectivity index (χ1) is 8.95. The van der Waals surface area contributed by atoms with Gasteiger partial charge in [-0.1, -0.05) is 12.1 Å². The minimum Gasteiger partial charge on any atom is -0.368 e. The second-order valence-corrected chi connectivity index (χ2v) is 4.17. The molecule has 1 aromatic carbocycles. The monoisotopic (exact) mass is 263 g/mol. The molecule has 0 aliphatic carbocycles. The lowest BCUT2D eigenvalue weighted by molar-refractivity contribution is -0.120. The highest BCUT2D eigenvalue weighted by molar-refractivity contribution is 5.97. The van der Waals surface area contributed by atoms with Gasteiger partial charge in [0.25, 0.3) is 5.91 Å². The van der Waals surface area contributed by atoms with Gasteiger partial charge in [0.1, 0.15) is 11.9 Å². The van der Waals surface area contributed by atoms with E-state index in [0.29, 0.717) is 0 Å². The third kappa shape index (κ3) is 4.07. The van der Waals surface area contributed by atoms with Crippen molar-refractivity contribution in [2.24, 2.45) is 11.7 Å². The molecular formula is C13H14FN3O2. The quantitative estimate of drug-likeness (QED) is 0.828. The molecule has 0 spiro atoms. The van der Waals surface area contributed by atoms with E-state index < -0.39 is 29.6 Å². The molecule has 1 aromatic rings. The molecule has 0 fully saturated rings. The maximum absolute atomic E-state index is 13.4. The minimum atomic E-state index is -0.998. The summed E-state index contributed by atoms with van der Waals surface area (Å²) in [5, 5.41) is 11.0. The van der Waals surface area contributed by atoms with Crippen molar-refractivity contribution in [1.29, 1.82) is 5.26 Å². The van der Waals surface area contributed by atoms with Crippen molar-refractivity contribution in [3.05, 3.63) is 35.6 Å². The van der Waals surface area contributed by atoms with Crippen molar-refractivity contribution in [3.63, 3.8) is 0 Å².